The van der Waals surface area contributed by atoms with E-state index in [1.165, 1.54) is 6.42 Å². The first kappa shape index (κ1) is 15.3. The van der Waals surface area contributed by atoms with Crippen LogP contribution >= 0.6 is 0 Å². The van der Waals surface area contributed by atoms with Crippen LogP contribution in [0.25, 0.3) is 5.65 Å². The minimum absolute atomic E-state index is 0.305. The van der Waals surface area contributed by atoms with Crippen molar-refractivity contribution >= 4 is 5.65 Å². The van der Waals surface area contributed by atoms with Crippen LogP contribution in [-0.2, 0) is 17.8 Å². The normalized spacial score (nSPS) is 10.7. The van der Waals surface area contributed by atoms with Gasteiger partial charge in [0.05, 0.1) is 37.1 Å². The molecule has 0 N–H and O–H groups in total. The molecule has 2 aromatic rings. The molecule has 0 fully saturated rings. The number of nitriles is 1. The molecule has 112 valence electrons. The number of methoxy groups -OCH3 is 1. The van der Waals surface area contributed by atoms with E-state index in [9.17, 15) is 0 Å². The van der Waals surface area contributed by atoms with E-state index >= 15 is 0 Å². The molecule has 0 amide bonds. The van der Waals surface area contributed by atoms with E-state index in [0.29, 0.717) is 19.6 Å². The third kappa shape index (κ3) is 3.53. The minimum atomic E-state index is 0.305. The molecule has 2 heterocycles. The highest BCUT2D eigenvalue weighted by molar-refractivity contribution is 5.56. The fourth-order valence-corrected chi connectivity index (χ4v) is 2.30. The van der Waals surface area contributed by atoms with Crippen molar-refractivity contribution in [3.63, 3.8) is 0 Å². The van der Waals surface area contributed by atoms with E-state index in [1.54, 1.807) is 7.11 Å². The first-order chi connectivity index (χ1) is 10.3. The van der Waals surface area contributed by atoms with E-state index < -0.39 is 0 Å². The van der Waals surface area contributed by atoms with Gasteiger partial charge < -0.3 is 9.47 Å². The molecular weight excluding hydrogens is 266 g/mol. The lowest BCUT2D eigenvalue weighted by Gasteiger charge is -2.07. The average Bonchev–Trinajstić information content (AvgIpc) is 2.83. The molecule has 0 aliphatic carbocycles. The van der Waals surface area contributed by atoms with Crippen LogP contribution in [0.5, 0.6) is 5.75 Å². The van der Waals surface area contributed by atoms with Crippen LogP contribution in [0.1, 0.15) is 37.6 Å². The van der Waals surface area contributed by atoms with E-state index in [1.807, 2.05) is 22.7 Å². The maximum Gasteiger partial charge on any atom is 0.180 e. The van der Waals surface area contributed by atoms with Crippen molar-refractivity contribution in [2.45, 2.75) is 39.2 Å². The summed E-state index contributed by atoms with van der Waals surface area (Å²) in [5.41, 5.74) is 2.42. The molecule has 5 nitrogen and oxygen atoms in total. The Balaban J connectivity index is 2.31. The highest BCUT2D eigenvalue weighted by atomic mass is 16.5. The monoisotopic (exact) mass is 287 g/mol. The second kappa shape index (κ2) is 7.65. The molecule has 2 rings (SSSR count). The molecule has 0 bridgehead atoms. The number of pyridine rings is 1. The maximum absolute atomic E-state index is 9.00. The van der Waals surface area contributed by atoms with Crippen LogP contribution < -0.4 is 4.74 Å². The summed E-state index contributed by atoms with van der Waals surface area (Å²) < 4.78 is 12.9. The molecule has 0 aliphatic heterocycles. The summed E-state index contributed by atoms with van der Waals surface area (Å²) in [4.78, 5) is 4.58. The van der Waals surface area contributed by atoms with Gasteiger partial charge in [0, 0.05) is 13.3 Å². The third-order valence-corrected chi connectivity index (χ3v) is 3.33. The summed E-state index contributed by atoms with van der Waals surface area (Å²) in [5.74, 6) is 0.759. The second-order valence-corrected chi connectivity index (χ2v) is 4.89. The number of ether oxygens (including phenoxy) is 2. The number of unbranched alkanes of at least 4 members (excludes halogenated alkanes) is 2. The molecule has 2 aromatic heterocycles. The Morgan fingerprint density at radius 3 is 2.95 bits per heavy atom. The number of imidazole rings is 1. The van der Waals surface area contributed by atoms with Crippen LogP contribution in [-0.4, -0.2) is 23.1 Å². The summed E-state index contributed by atoms with van der Waals surface area (Å²) in [7, 11) is 1.63. The summed E-state index contributed by atoms with van der Waals surface area (Å²) in [6.07, 6.45) is 5.58. The number of fused-ring (bicyclic) bond motifs is 1. The first-order valence-corrected chi connectivity index (χ1v) is 7.29. The molecule has 0 spiro atoms. The van der Waals surface area contributed by atoms with Crippen molar-refractivity contribution in [3.8, 4) is 11.8 Å². The topological polar surface area (TPSA) is 59.5 Å². The van der Waals surface area contributed by atoms with Crippen LogP contribution in [0.3, 0.4) is 0 Å². The minimum Gasteiger partial charge on any atom is -0.490 e. The quantitative estimate of drug-likeness (QED) is 0.700. The van der Waals surface area contributed by atoms with E-state index in [2.05, 4.69) is 18.0 Å². The zero-order valence-electron chi connectivity index (χ0n) is 12.6. The Bertz CT molecular complexity index is 628. The molecule has 0 radical (unpaired) electrons. The highest BCUT2D eigenvalue weighted by Gasteiger charge is 2.14. The van der Waals surface area contributed by atoms with Crippen molar-refractivity contribution in [1.29, 1.82) is 5.26 Å². The van der Waals surface area contributed by atoms with Crippen molar-refractivity contribution in [2.75, 3.05) is 13.7 Å². The van der Waals surface area contributed by atoms with E-state index in [-0.39, 0.29) is 0 Å². The summed E-state index contributed by atoms with van der Waals surface area (Å²) in [6.45, 7) is 3.25. The van der Waals surface area contributed by atoms with Crippen molar-refractivity contribution < 1.29 is 9.47 Å². The lowest BCUT2D eigenvalue weighted by atomic mass is 10.2. The highest BCUT2D eigenvalue weighted by Crippen LogP contribution is 2.23. The predicted molar refractivity (Wildman–Crippen MR) is 80.2 cm³/mol. The largest absolute Gasteiger partial charge is 0.490 e. The zero-order valence-corrected chi connectivity index (χ0v) is 12.6. The van der Waals surface area contributed by atoms with Crippen molar-refractivity contribution in [1.82, 2.24) is 9.38 Å². The fourth-order valence-electron chi connectivity index (χ4n) is 2.30. The Morgan fingerprint density at radius 1 is 1.38 bits per heavy atom. The Hall–Kier alpha value is -2.06. The molecule has 5 heteroatoms. The molecule has 0 atom stereocenters. The maximum atomic E-state index is 9.00. The van der Waals surface area contributed by atoms with Gasteiger partial charge in [-0.25, -0.2) is 4.98 Å². The summed E-state index contributed by atoms with van der Waals surface area (Å²) in [5, 5.41) is 9.00. The number of rotatable bonds is 8. The van der Waals surface area contributed by atoms with Gasteiger partial charge in [-0.3, -0.25) is 4.40 Å². The van der Waals surface area contributed by atoms with Gasteiger partial charge in [-0.1, -0.05) is 19.8 Å². The van der Waals surface area contributed by atoms with Gasteiger partial charge in [0.25, 0.3) is 0 Å². The van der Waals surface area contributed by atoms with Crippen molar-refractivity contribution in [3.05, 3.63) is 29.7 Å². The third-order valence-electron chi connectivity index (χ3n) is 3.33. The van der Waals surface area contributed by atoms with Gasteiger partial charge in [0.1, 0.15) is 0 Å². The van der Waals surface area contributed by atoms with E-state index in [0.717, 1.165) is 35.6 Å². The van der Waals surface area contributed by atoms with Gasteiger partial charge in [-0.05, 0) is 18.6 Å². The van der Waals surface area contributed by atoms with Crippen LogP contribution in [0.4, 0.5) is 0 Å². The molecule has 21 heavy (non-hydrogen) atoms. The Labute approximate surface area is 125 Å². The van der Waals surface area contributed by atoms with Gasteiger partial charge in [-0.15, -0.1) is 0 Å². The number of hydrogen-bond acceptors (Lipinski definition) is 4. The lowest BCUT2D eigenvalue weighted by molar-refractivity contribution is 0.181. The van der Waals surface area contributed by atoms with Crippen LogP contribution in [0.2, 0.25) is 0 Å². The van der Waals surface area contributed by atoms with Gasteiger partial charge in [0.15, 0.2) is 11.4 Å². The zero-order chi connectivity index (χ0) is 15.1. The smallest absolute Gasteiger partial charge is 0.180 e. The summed E-state index contributed by atoms with van der Waals surface area (Å²) in [6, 6.07) is 6.02. The lowest BCUT2D eigenvalue weighted by Crippen LogP contribution is -2.00. The molecule has 0 aromatic carbocycles. The number of hydrogen-bond donors (Lipinski definition) is 0. The number of nitrogens with zero attached hydrogens (tertiary/aromatic N) is 3. The molecule has 0 saturated carbocycles. The van der Waals surface area contributed by atoms with Crippen LogP contribution in [0, 0.1) is 11.3 Å². The Morgan fingerprint density at radius 2 is 2.24 bits per heavy atom. The second-order valence-electron chi connectivity index (χ2n) is 4.89. The SMILES string of the molecule is CCCCCOc1cccn2c(CC#N)c(COC)nc12. The van der Waals surface area contributed by atoms with Crippen molar-refractivity contribution in [2.24, 2.45) is 0 Å². The molecule has 0 saturated heterocycles. The Kier molecular flexibility index (Phi) is 5.59. The fraction of sp³-hybridized carbons (Fsp3) is 0.500. The summed E-state index contributed by atoms with van der Waals surface area (Å²) >= 11 is 0. The molecular formula is C16H21N3O2. The first-order valence-electron chi connectivity index (χ1n) is 7.29. The molecule has 0 aliphatic rings. The standard InChI is InChI=1S/C16H21N3O2/c1-3-4-5-11-21-15-7-6-10-19-14(8-9-17)13(12-20-2)18-16(15)19/h6-7,10H,3-5,8,11-12H2,1-2H3. The average molecular weight is 287 g/mol. The van der Waals surface area contributed by atoms with Gasteiger partial charge in [0.2, 0.25) is 0 Å². The number of aromatic nitrogens is 2. The van der Waals surface area contributed by atoms with Crippen LogP contribution in [0.15, 0.2) is 18.3 Å². The predicted octanol–water partition coefficient (Wildman–Crippen LogP) is 3.12. The van der Waals surface area contributed by atoms with E-state index in [4.69, 9.17) is 14.7 Å². The van der Waals surface area contributed by atoms with Gasteiger partial charge in [-0.2, -0.15) is 5.26 Å². The van der Waals surface area contributed by atoms with Gasteiger partial charge >= 0.3 is 0 Å². The molecule has 0 unspecified atom stereocenters.